The van der Waals surface area contributed by atoms with E-state index in [4.69, 9.17) is 4.74 Å². The molecule has 2 heterocycles. The number of hydrogen-bond donors (Lipinski definition) is 1. The Morgan fingerprint density at radius 3 is 2.78 bits per heavy atom. The molecule has 27 heavy (non-hydrogen) atoms. The highest BCUT2D eigenvalue weighted by molar-refractivity contribution is 7.09. The Balaban J connectivity index is 1.66. The fraction of sp³-hybridized carbons (Fsp3) is 0.476. The maximum atomic E-state index is 13.8. The van der Waals surface area contributed by atoms with Gasteiger partial charge in [0.1, 0.15) is 5.82 Å². The summed E-state index contributed by atoms with van der Waals surface area (Å²) in [6.07, 6.45) is 2.75. The number of nitrogens with zero attached hydrogens (tertiary/aromatic N) is 2. The monoisotopic (exact) mass is 389 g/mol. The van der Waals surface area contributed by atoms with Crippen molar-refractivity contribution in [1.29, 1.82) is 0 Å². The minimum absolute atomic E-state index is 0.134. The molecule has 1 aromatic carbocycles. The minimum Gasteiger partial charge on any atom is -0.381 e. The molecule has 3 rings (SSSR count). The summed E-state index contributed by atoms with van der Waals surface area (Å²) in [6, 6.07) is 11.2. The summed E-state index contributed by atoms with van der Waals surface area (Å²) in [6.45, 7) is 3.02. The first-order valence-corrected chi connectivity index (χ1v) is 10.3. The molecule has 0 aliphatic carbocycles. The molecule has 0 saturated carbocycles. The highest BCUT2D eigenvalue weighted by Crippen LogP contribution is 2.34. The molecule has 0 radical (unpaired) electrons. The van der Waals surface area contributed by atoms with E-state index in [1.807, 2.05) is 13.1 Å². The van der Waals surface area contributed by atoms with E-state index in [0.717, 1.165) is 43.9 Å². The Kier molecular flexibility index (Phi) is 6.85. The molecule has 6 heteroatoms. The molecule has 0 bridgehead atoms. The van der Waals surface area contributed by atoms with E-state index >= 15 is 0 Å². The summed E-state index contributed by atoms with van der Waals surface area (Å²) in [5.41, 5.74) is 0.903. The Morgan fingerprint density at radius 2 is 2.11 bits per heavy atom. The zero-order valence-corrected chi connectivity index (χ0v) is 16.9. The number of halogens is 1. The van der Waals surface area contributed by atoms with E-state index in [-0.39, 0.29) is 11.2 Å². The summed E-state index contributed by atoms with van der Waals surface area (Å²) in [4.78, 5) is 7.97. The van der Waals surface area contributed by atoms with E-state index in [1.165, 1.54) is 10.9 Å². The first kappa shape index (κ1) is 19.8. The number of likely N-dealkylation sites (N-methyl/N-ethyl adjacent to an activating group) is 1. The molecular formula is C21H28FN3OS. The Bertz CT molecular complexity index is 742. The number of nitrogens with one attached hydrogen (secondary N) is 1. The van der Waals surface area contributed by atoms with Crippen LogP contribution < -0.4 is 5.32 Å². The third-order valence-electron chi connectivity index (χ3n) is 5.32. The van der Waals surface area contributed by atoms with E-state index in [9.17, 15) is 4.39 Å². The summed E-state index contributed by atoms with van der Waals surface area (Å²) in [5.74, 6) is 0.685. The molecule has 1 aliphatic heterocycles. The molecule has 0 amide bonds. The second-order valence-corrected chi connectivity index (χ2v) is 8.09. The van der Waals surface area contributed by atoms with Crippen molar-refractivity contribution in [1.82, 2.24) is 10.2 Å². The molecule has 1 aromatic heterocycles. The minimum atomic E-state index is -0.184. The predicted molar refractivity (Wildman–Crippen MR) is 110 cm³/mol. The second-order valence-electron chi connectivity index (χ2n) is 7.05. The van der Waals surface area contributed by atoms with Crippen molar-refractivity contribution < 1.29 is 9.13 Å². The Morgan fingerprint density at radius 1 is 1.30 bits per heavy atom. The summed E-state index contributed by atoms with van der Waals surface area (Å²) >= 11 is 1.78. The SMILES string of the molecule is CN=C(NCC1(c2cccc(F)c2)CCOCC1)N(C)CCc1cccs1. The van der Waals surface area contributed by atoms with Crippen molar-refractivity contribution in [3.8, 4) is 0 Å². The maximum absolute atomic E-state index is 13.8. The van der Waals surface area contributed by atoms with E-state index < -0.39 is 0 Å². The van der Waals surface area contributed by atoms with Gasteiger partial charge in [-0.3, -0.25) is 4.99 Å². The quantitative estimate of drug-likeness (QED) is 0.605. The van der Waals surface area contributed by atoms with Gasteiger partial charge < -0.3 is 15.0 Å². The number of hydrogen-bond acceptors (Lipinski definition) is 3. The van der Waals surface area contributed by atoms with Crippen molar-refractivity contribution >= 4 is 17.3 Å². The van der Waals surface area contributed by atoms with Gasteiger partial charge in [0.05, 0.1) is 0 Å². The van der Waals surface area contributed by atoms with Crippen molar-refractivity contribution in [2.24, 2.45) is 4.99 Å². The average molecular weight is 390 g/mol. The van der Waals surface area contributed by atoms with Gasteiger partial charge in [-0.15, -0.1) is 11.3 Å². The molecule has 0 spiro atoms. The normalized spacial score (nSPS) is 16.9. The Hall–Kier alpha value is -1.92. The lowest BCUT2D eigenvalue weighted by Crippen LogP contribution is -2.48. The number of thiophene rings is 1. The molecular weight excluding hydrogens is 361 g/mol. The average Bonchev–Trinajstić information content (AvgIpc) is 3.21. The first-order valence-electron chi connectivity index (χ1n) is 9.41. The highest BCUT2D eigenvalue weighted by atomic mass is 32.1. The smallest absolute Gasteiger partial charge is 0.193 e. The molecule has 0 unspecified atom stereocenters. The van der Waals surface area contributed by atoms with Gasteiger partial charge >= 0.3 is 0 Å². The standard InChI is InChI=1S/C21H28FN3OS/c1-23-20(25(2)11-8-19-7-4-14-27-19)24-16-21(9-12-26-13-10-21)17-5-3-6-18(22)15-17/h3-7,14-15H,8-13,16H2,1-2H3,(H,23,24). The van der Waals surface area contributed by atoms with Crippen LogP contribution in [-0.2, 0) is 16.6 Å². The van der Waals surface area contributed by atoms with Crippen LogP contribution >= 0.6 is 11.3 Å². The molecule has 146 valence electrons. The van der Waals surface area contributed by atoms with E-state index in [2.05, 4.69) is 39.8 Å². The van der Waals surface area contributed by atoms with Crippen LogP contribution in [0.5, 0.6) is 0 Å². The van der Waals surface area contributed by atoms with Gasteiger partial charge in [0.15, 0.2) is 5.96 Å². The third kappa shape index (κ3) is 5.08. The molecule has 0 atom stereocenters. The van der Waals surface area contributed by atoms with Crippen molar-refractivity contribution in [2.75, 3.05) is 40.4 Å². The molecule has 1 N–H and O–H groups in total. The van der Waals surface area contributed by atoms with Gasteiger partial charge in [0.25, 0.3) is 0 Å². The molecule has 1 aliphatic rings. The molecule has 4 nitrogen and oxygen atoms in total. The third-order valence-corrected chi connectivity index (χ3v) is 6.26. The number of ether oxygens (including phenoxy) is 1. The van der Waals surface area contributed by atoms with Gasteiger partial charge in [-0.05, 0) is 48.4 Å². The van der Waals surface area contributed by atoms with Crippen molar-refractivity contribution in [2.45, 2.75) is 24.7 Å². The molecule has 1 saturated heterocycles. The van der Waals surface area contributed by atoms with Crippen LogP contribution in [0.3, 0.4) is 0 Å². The maximum Gasteiger partial charge on any atom is 0.193 e. The molecule has 1 fully saturated rings. The fourth-order valence-corrected chi connectivity index (χ4v) is 4.32. The van der Waals surface area contributed by atoms with Crippen LogP contribution in [0.4, 0.5) is 4.39 Å². The second kappa shape index (κ2) is 9.33. The lowest BCUT2D eigenvalue weighted by Gasteiger charge is -2.39. The summed E-state index contributed by atoms with van der Waals surface area (Å²) in [5, 5.41) is 5.64. The van der Waals surface area contributed by atoms with Crippen molar-refractivity contribution in [3.63, 3.8) is 0 Å². The number of rotatable bonds is 6. The van der Waals surface area contributed by atoms with Gasteiger partial charge in [0.2, 0.25) is 0 Å². The zero-order chi connectivity index (χ0) is 19.1. The summed E-state index contributed by atoms with van der Waals surface area (Å²) in [7, 11) is 3.87. The first-order chi connectivity index (χ1) is 13.1. The lowest BCUT2D eigenvalue weighted by atomic mass is 9.74. The van der Waals surface area contributed by atoms with Crippen LogP contribution in [0, 0.1) is 5.82 Å². The summed E-state index contributed by atoms with van der Waals surface area (Å²) < 4.78 is 19.4. The zero-order valence-electron chi connectivity index (χ0n) is 16.1. The van der Waals surface area contributed by atoms with Crippen LogP contribution in [0.25, 0.3) is 0 Å². The predicted octanol–water partition coefficient (Wildman–Crippen LogP) is 3.69. The van der Waals surface area contributed by atoms with Gasteiger partial charge in [0, 0.05) is 50.7 Å². The van der Waals surface area contributed by atoms with Crippen LogP contribution in [0.2, 0.25) is 0 Å². The van der Waals surface area contributed by atoms with Crippen LogP contribution in [-0.4, -0.2) is 51.3 Å². The van der Waals surface area contributed by atoms with Crippen molar-refractivity contribution in [3.05, 3.63) is 58.0 Å². The number of aliphatic imine (C=N–C) groups is 1. The number of guanidine groups is 1. The lowest BCUT2D eigenvalue weighted by molar-refractivity contribution is 0.0511. The van der Waals surface area contributed by atoms with E-state index in [0.29, 0.717) is 13.2 Å². The topological polar surface area (TPSA) is 36.9 Å². The van der Waals surface area contributed by atoms with Gasteiger partial charge in [-0.1, -0.05) is 18.2 Å². The van der Waals surface area contributed by atoms with Crippen LogP contribution in [0.15, 0.2) is 46.8 Å². The fourth-order valence-electron chi connectivity index (χ4n) is 3.62. The van der Waals surface area contributed by atoms with E-state index in [1.54, 1.807) is 23.5 Å². The van der Waals surface area contributed by atoms with Crippen LogP contribution in [0.1, 0.15) is 23.3 Å². The highest BCUT2D eigenvalue weighted by Gasteiger charge is 2.35. The number of benzene rings is 1. The molecule has 2 aromatic rings. The van der Waals surface area contributed by atoms with Gasteiger partial charge in [-0.25, -0.2) is 4.39 Å². The Labute approximate surface area is 165 Å². The largest absolute Gasteiger partial charge is 0.381 e. The van der Waals surface area contributed by atoms with Gasteiger partial charge in [-0.2, -0.15) is 0 Å².